The number of anilines is 1. The van der Waals surface area contributed by atoms with E-state index < -0.39 is 0 Å². The summed E-state index contributed by atoms with van der Waals surface area (Å²) in [5, 5.41) is 7.27. The van der Waals surface area contributed by atoms with Gasteiger partial charge in [0.25, 0.3) is 5.91 Å². The predicted octanol–water partition coefficient (Wildman–Crippen LogP) is 4.14. The molecule has 1 aliphatic carbocycles. The summed E-state index contributed by atoms with van der Waals surface area (Å²) in [4.78, 5) is 22.2. The lowest BCUT2D eigenvalue weighted by Crippen LogP contribution is -2.20. The third-order valence-corrected chi connectivity index (χ3v) is 5.51. The van der Waals surface area contributed by atoms with Crippen molar-refractivity contribution in [2.24, 2.45) is 0 Å². The van der Waals surface area contributed by atoms with Crippen LogP contribution in [0.5, 0.6) is 0 Å². The average molecular weight is 374 g/mol. The quantitative estimate of drug-likeness (QED) is 0.584. The van der Waals surface area contributed by atoms with Gasteiger partial charge in [0, 0.05) is 17.9 Å². The van der Waals surface area contributed by atoms with Crippen LogP contribution in [0.4, 0.5) is 5.95 Å². The van der Waals surface area contributed by atoms with E-state index in [1.165, 1.54) is 19.3 Å². The second kappa shape index (κ2) is 6.74. The molecular formula is C21H22N6O. The van der Waals surface area contributed by atoms with Crippen LogP contribution in [0.25, 0.3) is 16.7 Å². The number of hydrogen-bond acceptors (Lipinski definition) is 4. The topological polar surface area (TPSA) is 77.1 Å². The van der Waals surface area contributed by atoms with Gasteiger partial charge in [0.15, 0.2) is 5.65 Å². The van der Waals surface area contributed by atoms with Crippen molar-refractivity contribution in [2.75, 3.05) is 5.32 Å². The number of carbonyl (C=O) groups is 1. The van der Waals surface area contributed by atoms with Crippen molar-refractivity contribution in [3.63, 3.8) is 0 Å². The molecule has 0 unspecified atom stereocenters. The first-order chi connectivity index (χ1) is 13.7. The standard InChI is InChI=1S/C21H22N6O/c1-14-11-12-26-19(23-14)16(13-22-26)20(28)25-21-24-17-9-5-6-10-18(17)27(21)15-7-3-2-4-8-15/h5-6,9-13,15H,2-4,7-8H2,1H3,(H,24,25,28). The minimum atomic E-state index is -0.236. The fourth-order valence-electron chi connectivity index (χ4n) is 4.13. The van der Waals surface area contributed by atoms with Crippen molar-refractivity contribution in [3.05, 3.63) is 54.0 Å². The largest absolute Gasteiger partial charge is 0.307 e. The highest BCUT2D eigenvalue weighted by Crippen LogP contribution is 2.34. The van der Waals surface area contributed by atoms with Crippen LogP contribution < -0.4 is 5.32 Å². The van der Waals surface area contributed by atoms with Gasteiger partial charge in [0.05, 0.1) is 17.2 Å². The van der Waals surface area contributed by atoms with E-state index in [0.717, 1.165) is 29.6 Å². The second-order valence-electron chi connectivity index (χ2n) is 7.44. The van der Waals surface area contributed by atoms with E-state index >= 15 is 0 Å². The summed E-state index contributed by atoms with van der Waals surface area (Å²) in [6.45, 7) is 1.90. The first-order valence-corrected chi connectivity index (χ1v) is 9.80. The molecule has 1 aromatic carbocycles. The zero-order valence-corrected chi connectivity index (χ0v) is 15.8. The van der Waals surface area contributed by atoms with Crippen molar-refractivity contribution in [1.29, 1.82) is 0 Å². The molecule has 7 heteroatoms. The number of carbonyl (C=O) groups excluding carboxylic acids is 1. The third kappa shape index (κ3) is 2.83. The lowest BCUT2D eigenvalue weighted by molar-refractivity contribution is 0.102. The van der Waals surface area contributed by atoms with Crippen LogP contribution in [-0.4, -0.2) is 30.1 Å². The number of imidazole rings is 1. The van der Waals surface area contributed by atoms with Crippen LogP contribution in [0.15, 0.2) is 42.7 Å². The predicted molar refractivity (Wildman–Crippen MR) is 108 cm³/mol. The van der Waals surface area contributed by atoms with E-state index in [1.54, 1.807) is 10.7 Å². The monoisotopic (exact) mass is 374 g/mol. The Hall–Kier alpha value is -3.22. The van der Waals surface area contributed by atoms with Crippen molar-refractivity contribution < 1.29 is 4.79 Å². The van der Waals surface area contributed by atoms with Crippen LogP contribution in [-0.2, 0) is 0 Å². The minimum absolute atomic E-state index is 0.236. The number of hydrogen-bond donors (Lipinski definition) is 1. The number of nitrogens with zero attached hydrogens (tertiary/aromatic N) is 5. The van der Waals surface area contributed by atoms with Gasteiger partial charge < -0.3 is 4.57 Å². The molecule has 3 aromatic heterocycles. The van der Waals surface area contributed by atoms with Crippen LogP contribution in [0.3, 0.4) is 0 Å². The molecule has 28 heavy (non-hydrogen) atoms. The number of amides is 1. The Bertz CT molecular complexity index is 1170. The van der Waals surface area contributed by atoms with Crippen LogP contribution in [0, 0.1) is 6.92 Å². The number of benzene rings is 1. The highest BCUT2D eigenvalue weighted by Gasteiger charge is 2.23. The summed E-state index contributed by atoms with van der Waals surface area (Å²) in [5.74, 6) is 0.366. The second-order valence-corrected chi connectivity index (χ2v) is 7.44. The lowest BCUT2D eigenvalue weighted by atomic mass is 9.95. The number of para-hydroxylation sites is 2. The van der Waals surface area contributed by atoms with E-state index in [1.807, 2.05) is 37.4 Å². The van der Waals surface area contributed by atoms with Gasteiger partial charge in [0.1, 0.15) is 5.56 Å². The fourth-order valence-corrected chi connectivity index (χ4v) is 4.13. The highest BCUT2D eigenvalue weighted by atomic mass is 16.1. The van der Waals surface area contributed by atoms with Gasteiger partial charge in [-0.15, -0.1) is 0 Å². The Morgan fingerprint density at radius 3 is 2.79 bits per heavy atom. The number of fused-ring (bicyclic) bond motifs is 2. The molecule has 1 aliphatic rings. The van der Waals surface area contributed by atoms with Gasteiger partial charge in [-0.2, -0.15) is 5.10 Å². The molecule has 3 heterocycles. The molecule has 0 saturated heterocycles. The maximum atomic E-state index is 13.1. The zero-order chi connectivity index (χ0) is 19.1. The van der Waals surface area contributed by atoms with E-state index in [4.69, 9.17) is 4.98 Å². The number of rotatable bonds is 3. The Kier molecular flexibility index (Phi) is 4.07. The fraction of sp³-hybridized carbons (Fsp3) is 0.333. The molecule has 0 bridgehead atoms. The first-order valence-electron chi connectivity index (χ1n) is 9.80. The van der Waals surface area contributed by atoms with Gasteiger partial charge in [-0.3, -0.25) is 10.1 Å². The molecule has 1 amide bonds. The highest BCUT2D eigenvalue weighted by molar-refractivity contribution is 6.08. The van der Waals surface area contributed by atoms with Gasteiger partial charge >= 0.3 is 0 Å². The molecule has 1 fully saturated rings. The van der Waals surface area contributed by atoms with E-state index in [-0.39, 0.29) is 5.91 Å². The Morgan fingerprint density at radius 1 is 1.11 bits per heavy atom. The van der Waals surface area contributed by atoms with Gasteiger partial charge in [0.2, 0.25) is 5.95 Å². The molecule has 0 radical (unpaired) electrons. The third-order valence-electron chi connectivity index (χ3n) is 5.51. The van der Waals surface area contributed by atoms with E-state index in [2.05, 4.69) is 26.0 Å². The SMILES string of the molecule is Cc1ccn2ncc(C(=O)Nc3nc4ccccc4n3C3CCCCC3)c2n1. The molecule has 0 spiro atoms. The molecule has 1 N–H and O–H groups in total. The summed E-state index contributed by atoms with van der Waals surface area (Å²) < 4.78 is 3.82. The molecule has 0 aliphatic heterocycles. The maximum Gasteiger partial charge on any atom is 0.263 e. The van der Waals surface area contributed by atoms with Gasteiger partial charge in [-0.05, 0) is 38.0 Å². The average Bonchev–Trinajstić information content (AvgIpc) is 3.29. The maximum absolute atomic E-state index is 13.1. The Labute approximate surface area is 162 Å². The summed E-state index contributed by atoms with van der Waals surface area (Å²) in [6.07, 6.45) is 9.29. The summed E-state index contributed by atoms with van der Waals surface area (Å²) in [7, 11) is 0. The summed E-state index contributed by atoms with van der Waals surface area (Å²) in [6, 6.07) is 10.3. The first kappa shape index (κ1) is 16.9. The van der Waals surface area contributed by atoms with Gasteiger partial charge in [-0.1, -0.05) is 31.4 Å². The van der Waals surface area contributed by atoms with Crippen molar-refractivity contribution >= 4 is 28.5 Å². The van der Waals surface area contributed by atoms with Crippen molar-refractivity contribution in [2.45, 2.75) is 45.1 Å². The smallest absolute Gasteiger partial charge is 0.263 e. The summed E-state index contributed by atoms with van der Waals surface area (Å²) in [5.41, 5.74) is 3.82. The van der Waals surface area contributed by atoms with E-state index in [0.29, 0.717) is 23.2 Å². The Balaban J connectivity index is 1.55. The van der Waals surface area contributed by atoms with Crippen LogP contribution in [0.1, 0.15) is 54.2 Å². The number of aryl methyl sites for hydroxylation is 1. The zero-order valence-electron chi connectivity index (χ0n) is 15.8. The molecule has 1 saturated carbocycles. The molecule has 5 rings (SSSR count). The normalized spacial score (nSPS) is 15.3. The van der Waals surface area contributed by atoms with Crippen molar-refractivity contribution in [1.82, 2.24) is 24.1 Å². The minimum Gasteiger partial charge on any atom is -0.307 e. The molecule has 142 valence electrons. The van der Waals surface area contributed by atoms with Crippen molar-refractivity contribution in [3.8, 4) is 0 Å². The molecule has 0 atom stereocenters. The Morgan fingerprint density at radius 2 is 1.93 bits per heavy atom. The van der Waals surface area contributed by atoms with Gasteiger partial charge in [-0.25, -0.2) is 14.5 Å². The van der Waals surface area contributed by atoms with Crippen LogP contribution in [0.2, 0.25) is 0 Å². The number of aromatic nitrogens is 5. The van der Waals surface area contributed by atoms with E-state index in [9.17, 15) is 4.79 Å². The molecule has 7 nitrogen and oxygen atoms in total. The molecule has 4 aromatic rings. The molecular weight excluding hydrogens is 352 g/mol. The summed E-state index contributed by atoms with van der Waals surface area (Å²) >= 11 is 0. The van der Waals surface area contributed by atoms with Crippen LogP contribution >= 0.6 is 0 Å². The lowest BCUT2D eigenvalue weighted by Gasteiger charge is -2.25. The number of nitrogens with one attached hydrogen (secondary N) is 1.